The van der Waals surface area contributed by atoms with Crippen molar-refractivity contribution in [1.29, 1.82) is 0 Å². The maximum atomic E-state index is 3.58. The first-order valence-corrected chi connectivity index (χ1v) is 7.80. The van der Waals surface area contributed by atoms with Crippen molar-refractivity contribution in [2.75, 3.05) is 0 Å². The van der Waals surface area contributed by atoms with Crippen molar-refractivity contribution in [1.82, 2.24) is 0 Å². The Labute approximate surface area is 116 Å². The van der Waals surface area contributed by atoms with Gasteiger partial charge in [-0.05, 0) is 66.8 Å². The largest absolute Gasteiger partial charge is 0.138 e. The second kappa shape index (κ2) is 4.37. The number of halogens is 3. The quantitative estimate of drug-likeness (QED) is 0.529. The van der Waals surface area contributed by atoms with Gasteiger partial charge in [-0.3, -0.25) is 0 Å². The summed E-state index contributed by atoms with van der Waals surface area (Å²) in [5.41, 5.74) is 0. The summed E-state index contributed by atoms with van der Waals surface area (Å²) in [7, 11) is 0. The van der Waals surface area contributed by atoms with Crippen LogP contribution in [0, 0.1) is 6.92 Å². The van der Waals surface area contributed by atoms with E-state index in [2.05, 4.69) is 66.8 Å². The van der Waals surface area contributed by atoms with Gasteiger partial charge in [0.2, 0.25) is 0 Å². The molecule has 0 aliphatic carbocycles. The van der Waals surface area contributed by atoms with Crippen LogP contribution in [0.4, 0.5) is 0 Å². The fourth-order valence-corrected chi connectivity index (χ4v) is 6.01. The molecule has 0 amide bonds. The molecule has 0 atom stereocenters. The average molecular weight is 417 g/mol. The third-order valence-electron chi connectivity index (χ3n) is 1.67. The molecule has 2 aromatic rings. The molecule has 0 N–H and O–H groups in total. The summed E-state index contributed by atoms with van der Waals surface area (Å²) in [6, 6.07) is 4.24. The van der Waals surface area contributed by atoms with E-state index in [9.17, 15) is 0 Å². The monoisotopic (exact) mass is 414 g/mol. The highest BCUT2D eigenvalue weighted by atomic mass is 79.9. The standard InChI is InChI=1S/C9H5Br3S2/c1-4-2-5(10)8(13-4)9-6(11)3-7(12)14-9/h2-3H,1H3. The van der Waals surface area contributed by atoms with Crippen LogP contribution in [0.5, 0.6) is 0 Å². The van der Waals surface area contributed by atoms with Gasteiger partial charge in [-0.2, -0.15) is 0 Å². The molecule has 0 unspecified atom stereocenters. The Balaban J connectivity index is 2.59. The van der Waals surface area contributed by atoms with E-state index in [1.54, 1.807) is 11.3 Å². The van der Waals surface area contributed by atoms with E-state index in [4.69, 9.17) is 0 Å². The number of hydrogen-bond donors (Lipinski definition) is 0. The molecule has 14 heavy (non-hydrogen) atoms. The summed E-state index contributed by atoms with van der Waals surface area (Å²) in [6.45, 7) is 2.12. The summed E-state index contributed by atoms with van der Waals surface area (Å²) in [5.74, 6) is 0. The minimum absolute atomic E-state index is 1.15. The fourth-order valence-electron chi connectivity index (χ4n) is 1.13. The zero-order valence-corrected chi connectivity index (χ0v) is 13.5. The van der Waals surface area contributed by atoms with Crippen molar-refractivity contribution in [3.63, 3.8) is 0 Å². The average Bonchev–Trinajstić information content (AvgIpc) is 2.55. The van der Waals surface area contributed by atoms with Gasteiger partial charge in [-0.1, -0.05) is 0 Å². The zero-order chi connectivity index (χ0) is 10.3. The molecule has 0 saturated carbocycles. The van der Waals surface area contributed by atoms with Crippen molar-refractivity contribution in [3.05, 3.63) is 29.7 Å². The Kier molecular flexibility index (Phi) is 3.54. The molecular formula is C9H5Br3S2. The highest BCUT2D eigenvalue weighted by Crippen LogP contribution is 2.45. The highest BCUT2D eigenvalue weighted by Gasteiger charge is 2.13. The Hall–Kier alpha value is 0.840. The lowest BCUT2D eigenvalue weighted by Gasteiger charge is -1.94. The van der Waals surface area contributed by atoms with Gasteiger partial charge in [0, 0.05) is 13.8 Å². The van der Waals surface area contributed by atoms with Crippen molar-refractivity contribution < 1.29 is 0 Å². The lowest BCUT2D eigenvalue weighted by atomic mass is 10.4. The number of hydrogen-bond acceptors (Lipinski definition) is 2. The smallest absolute Gasteiger partial charge is 0.0717 e. The number of aryl methyl sites for hydroxylation is 1. The normalized spacial score (nSPS) is 10.9. The van der Waals surface area contributed by atoms with Crippen LogP contribution in [0.2, 0.25) is 0 Å². The van der Waals surface area contributed by atoms with Gasteiger partial charge in [0.15, 0.2) is 0 Å². The van der Waals surface area contributed by atoms with E-state index in [0.717, 1.165) is 8.26 Å². The van der Waals surface area contributed by atoms with Crippen LogP contribution in [0.15, 0.2) is 24.9 Å². The molecule has 0 saturated heterocycles. The zero-order valence-electron chi connectivity index (χ0n) is 7.11. The Morgan fingerprint density at radius 1 is 0.929 bits per heavy atom. The minimum Gasteiger partial charge on any atom is -0.138 e. The third-order valence-corrected chi connectivity index (χ3v) is 6.30. The van der Waals surface area contributed by atoms with Crippen LogP contribution in [0.25, 0.3) is 9.75 Å². The topological polar surface area (TPSA) is 0 Å². The Morgan fingerprint density at radius 3 is 1.93 bits per heavy atom. The van der Waals surface area contributed by atoms with Crippen LogP contribution in [-0.4, -0.2) is 0 Å². The van der Waals surface area contributed by atoms with Crippen LogP contribution < -0.4 is 0 Å². The van der Waals surface area contributed by atoms with Gasteiger partial charge in [-0.25, -0.2) is 0 Å². The molecular weight excluding hydrogens is 412 g/mol. The van der Waals surface area contributed by atoms with Gasteiger partial charge in [0.25, 0.3) is 0 Å². The van der Waals surface area contributed by atoms with Gasteiger partial charge in [0.1, 0.15) is 0 Å². The maximum Gasteiger partial charge on any atom is 0.0717 e. The van der Waals surface area contributed by atoms with Crippen LogP contribution in [-0.2, 0) is 0 Å². The summed E-state index contributed by atoms with van der Waals surface area (Å²) < 4.78 is 3.48. The summed E-state index contributed by atoms with van der Waals surface area (Å²) in [5, 5.41) is 0. The van der Waals surface area contributed by atoms with Crippen molar-refractivity contribution >= 4 is 70.5 Å². The van der Waals surface area contributed by atoms with E-state index < -0.39 is 0 Å². The van der Waals surface area contributed by atoms with E-state index >= 15 is 0 Å². The van der Waals surface area contributed by atoms with Crippen molar-refractivity contribution in [3.8, 4) is 9.75 Å². The number of thiophene rings is 2. The maximum absolute atomic E-state index is 3.58. The lowest BCUT2D eigenvalue weighted by molar-refractivity contribution is 1.62. The molecule has 5 heteroatoms. The summed E-state index contributed by atoms with van der Waals surface area (Å²) >= 11 is 14.2. The molecule has 0 aliphatic rings. The van der Waals surface area contributed by atoms with E-state index in [-0.39, 0.29) is 0 Å². The van der Waals surface area contributed by atoms with E-state index in [1.807, 2.05) is 11.3 Å². The minimum atomic E-state index is 1.15. The fraction of sp³-hybridized carbons (Fsp3) is 0.111. The second-order valence-electron chi connectivity index (χ2n) is 2.76. The third kappa shape index (κ3) is 2.16. The molecule has 0 bridgehead atoms. The van der Waals surface area contributed by atoms with Gasteiger partial charge < -0.3 is 0 Å². The summed E-state index contributed by atoms with van der Waals surface area (Å²) in [4.78, 5) is 3.90. The number of rotatable bonds is 1. The Morgan fingerprint density at radius 2 is 1.50 bits per heavy atom. The van der Waals surface area contributed by atoms with E-state index in [1.165, 1.54) is 19.1 Å². The first kappa shape index (κ1) is 11.3. The predicted octanol–water partition coefficient (Wildman–Crippen LogP) is 6.07. The predicted molar refractivity (Wildman–Crippen MR) is 75.5 cm³/mol. The van der Waals surface area contributed by atoms with Gasteiger partial charge >= 0.3 is 0 Å². The van der Waals surface area contributed by atoms with Crippen molar-refractivity contribution in [2.45, 2.75) is 6.92 Å². The van der Waals surface area contributed by atoms with E-state index in [0.29, 0.717) is 0 Å². The molecule has 0 radical (unpaired) electrons. The Bertz CT molecular complexity index is 426. The molecule has 0 fully saturated rings. The molecule has 2 aromatic heterocycles. The first-order valence-electron chi connectivity index (χ1n) is 3.79. The van der Waals surface area contributed by atoms with Gasteiger partial charge in [0.05, 0.1) is 13.5 Å². The molecule has 0 nitrogen and oxygen atoms in total. The van der Waals surface area contributed by atoms with Crippen molar-refractivity contribution in [2.24, 2.45) is 0 Å². The molecule has 2 rings (SSSR count). The second-order valence-corrected chi connectivity index (χ2v) is 8.16. The van der Waals surface area contributed by atoms with Gasteiger partial charge in [-0.15, -0.1) is 22.7 Å². The molecule has 0 spiro atoms. The SMILES string of the molecule is Cc1cc(Br)c(-c2sc(Br)cc2Br)s1. The summed E-state index contributed by atoms with van der Waals surface area (Å²) in [6.07, 6.45) is 0. The molecule has 0 aliphatic heterocycles. The molecule has 2 heterocycles. The molecule has 0 aromatic carbocycles. The molecule has 74 valence electrons. The van der Waals surface area contributed by atoms with Crippen LogP contribution in [0.3, 0.4) is 0 Å². The van der Waals surface area contributed by atoms with Crippen LogP contribution in [0.1, 0.15) is 4.88 Å². The van der Waals surface area contributed by atoms with Crippen LogP contribution >= 0.6 is 70.5 Å². The highest BCUT2D eigenvalue weighted by molar-refractivity contribution is 9.11. The lowest BCUT2D eigenvalue weighted by Crippen LogP contribution is -1.64. The first-order chi connectivity index (χ1) is 6.58.